The molecule has 0 heterocycles. The molecular weight excluding hydrogens is 261 g/mol. The minimum atomic E-state index is -4.71. The van der Waals surface area contributed by atoms with Gasteiger partial charge in [-0.3, -0.25) is 0 Å². The van der Waals surface area contributed by atoms with Gasteiger partial charge in [0.25, 0.3) is 0 Å². The number of hydrogen-bond donors (Lipinski definition) is 1. The van der Waals surface area contributed by atoms with Crippen LogP contribution in [0.4, 0.5) is 13.2 Å². The van der Waals surface area contributed by atoms with Crippen molar-refractivity contribution in [2.45, 2.75) is 12.3 Å². The van der Waals surface area contributed by atoms with Crippen molar-refractivity contribution < 1.29 is 27.8 Å². The number of aliphatic hydroxyl groups is 1. The van der Waals surface area contributed by atoms with Gasteiger partial charge >= 0.3 is 12.1 Å². The van der Waals surface area contributed by atoms with Crippen LogP contribution in [0.25, 0.3) is 0 Å². The van der Waals surface area contributed by atoms with Crippen LogP contribution in [0.15, 0.2) is 18.2 Å². The fourth-order valence-electron chi connectivity index (χ4n) is 1.29. The van der Waals surface area contributed by atoms with E-state index in [1.54, 1.807) is 0 Å². The lowest BCUT2D eigenvalue weighted by molar-refractivity contribution is -0.152. The van der Waals surface area contributed by atoms with E-state index in [-0.39, 0.29) is 5.02 Å². The van der Waals surface area contributed by atoms with Crippen molar-refractivity contribution in [2.24, 2.45) is 0 Å². The maximum Gasteiger partial charge on any atom is 0.416 e. The third-order valence-corrected chi connectivity index (χ3v) is 2.39. The first-order chi connectivity index (χ1) is 7.79. The second kappa shape index (κ2) is 4.93. The summed E-state index contributed by atoms with van der Waals surface area (Å²) in [6.45, 7) is 0. The van der Waals surface area contributed by atoms with Gasteiger partial charge in [0.05, 0.1) is 12.7 Å². The van der Waals surface area contributed by atoms with Gasteiger partial charge in [0.2, 0.25) is 0 Å². The van der Waals surface area contributed by atoms with Crippen LogP contribution < -0.4 is 0 Å². The standard InChI is InChI=1S/C10H8ClF3O3/c1-17-9(16)8(15)7-5(10(12,13)14)3-2-4-6(7)11/h2-4,8,15H,1H3. The molecule has 1 N–H and O–H groups in total. The maximum absolute atomic E-state index is 12.6. The smallest absolute Gasteiger partial charge is 0.416 e. The van der Waals surface area contributed by atoms with Crippen LogP contribution in [0.2, 0.25) is 5.02 Å². The van der Waals surface area contributed by atoms with Gasteiger partial charge in [0.15, 0.2) is 6.10 Å². The van der Waals surface area contributed by atoms with Crippen molar-refractivity contribution in [3.05, 3.63) is 34.3 Å². The zero-order valence-corrected chi connectivity index (χ0v) is 9.34. The highest BCUT2D eigenvalue weighted by Crippen LogP contribution is 2.38. The molecule has 1 atom stereocenters. The van der Waals surface area contributed by atoms with Crippen LogP contribution in [-0.4, -0.2) is 18.2 Å². The topological polar surface area (TPSA) is 46.5 Å². The molecule has 94 valence electrons. The number of ether oxygens (including phenoxy) is 1. The van der Waals surface area contributed by atoms with E-state index in [1.165, 1.54) is 0 Å². The normalized spacial score (nSPS) is 13.3. The number of rotatable bonds is 2. The van der Waals surface area contributed by atoms with Gasteiger partial charge in [0, 0.05) is 10.6 Å². The van der Waals surface area contributed by atoms with Crippen LogP contribution in [0.5, 0.6) is 0 Å². The summed E-state index contributed by atoms with van der Waals surface area (Å²) in [5, 5.41) is 9.11. The number of carbonyl (C=O) groups is 1. The number of methoxy groups -OCH3 is 1. The van der Waals surface area contributed by atoms with Crippen molar-refractivity contribution in [3.63, 3.8) is 0 Å². The van der Waals surface area contributed by atoms with E-state index in [0.29, 0.717) is 0 Å². The molecular formula is C10H8ClF3O3. The molecule has 3 nitrogen and oxygen atoms in total. The first-order valence-electron chi connectivity index (χ1n) is 4.40. The summed E-state index contributed by atoms with van der Waals surface area (Å²) in [6.07, 6.45) is -6.78. The lowest BCUT2D eigenvalue weighted by Gasteiger charge is -2.17. The molecule has 1 aromatic carbocycles. The number of halogens is 4. The van der Waals surface area contributed by atoms with Crippen molar-refractivity contribution >= 4 is 17.6 Å². The summed E-state index contributed by atoms with van der Waals surface area (Å²) < 4.78 is 42.1. The molecule has 0 saturated carbocycles. The third-order valence-electron chi connectivity index (χ3n) is 2.06. The number of aliphatic hydroxyl groups excluding tert-OH is 1. The van der Waals surface area contributed by atoms with Crippen molar-refractivity contribution in [3.8, 4) is 0 Å². The van der Waals surface area contributed by atoms with E-state index in [0.717, 1.165) is 25.3 Å². The average molecular weight is 269 g/mol. The SMILES string of the molecule is COC(=O)C(O)c1c(Cl)cccc1C(F)(F)F. The highest BCUT2D eigenvalue weighted by Gasteiger charge is 2.37. The molecule has 0 aliphatic carbocycles. The van der Waals surface area contributed by atoms with E-state index >= 15 is 0 Å². The molecule has 0 bridgehead atoms. The predicted molar refractivity (Wildman–Crippen MR) is 53.4 cm³/mol. The fourth-order valence-corrected chi connectivity index (χ4v) is 1.57. The summed E-state index contributed by atoms with van der Waals surface area (Å²) >= 11 is 5.56. The van der Waals surface area contributed by atoms with Crippen LogP contribution in [0.1, 0.15) is 17.2 Å². The number of hydrogen-bond acceptors (Lipinski definition) is 3. The lowest BCUT2D eigenvalue weighted by atomic mass is 10.0. The predicted octanol–water partition coefficient (Wildman–Crippen LogP) is 2.57. The lowest BCUT2D eigenvalue weighted by Crippen LogP contribution is -2.19. The van der Waals surface area contributed by atoms with Gasteiger partial charge in [-0.2, -0.15) is 13.2 Å². The molecule has 1 rings (SSSR count). The van der Waals surface area contributed by atoms with Crippen molar-refractivity contribution in [1.82, 2.24) is 0 Å². The molecule has 0 spiro atoms. The Kier molecular flexibility index (Phi) is 4.00. The number of carbonyl (C=O) groups excluding carboxylic acids is 1. The minimum Gasteiger partial charge on any atom is -0.467 e. The van der Waals surface area contributed by atoms with E-state index < -0.39 is 29.4 Å². The minimum absolute atomic E-state index is 0.349. The molecule has 0 radical (unpaired) electrons. The summed E-state index contributed by atoms with van der Waals surface area (Å²) in [5.41, 5.74) is -1.86. The Bertz CT molecular complexity index is 431. The second-order valence-electron chi connectivity index (χ2n) is 3.12. The highest BCUT2D eigenvalue weighted by atomic mass is 35.5. The fraction of sp³-hybridized carbons (Fsp3) is 0.300. The number of alkyl halides is 3. The summed E-state index contributed by atoms with van der Waals surface area (Å²) in [5.74, 6) is -1.20. The number of esters is 1. The van der Waals surface area contributed by atoms with E-state index in [1.807, 2.05) is 0 Å². The molecule has 0 aliphatic heterocycles. The van der Waals surface area contributed by atoms with E-state index in [2.05, 4.69) is 4.74 Å². The largest absolute Gasteiger partial charge is 0.467 e. The molecule has 0 fully saturated rings. The first-order valence-corrected chi connectivity index (χ1v) is 4.78. The second-order valence-corrected chi connectivity index (χ2v) is 3.53. The maximum atomic E-state index is 12.6. The van der Waals surface area contributed by atoms with Crippen LogP contribution in [-0.2, 0) is 15.7 Å². The molecule has 1 unspecified atom stereocenters. The Hall–Kier alpha value is -1.27. The number of benzene rings is 1. The Labute approximate surface area is 99.8 Å². The summed E-state index contributed by atoms with van der Waals surface area (Å²) in [4.78, 5) is 11.0. The Morgan fingerprint density at radius 3 is 2.53 bits per heavy atom. The van der Waals surface area contributed by atoms with Gasteiger partial charge in [-0.1, -0.05) is 17.7 Å². The Morgan fingerprint density at radius 1 is 1.47 bits per heavy atom. The van der Waals surface area contributed by atoms with E-state index in [4.69, 9.17) is 11.6 Å². The Morgan fingerprint density at radius 2 is 2.06 bits per heavy atom. The van der Waals surface area contributed by atoms with Crippen LogP contribution >= 0.6 is 11.6 Å². The van der Waals surface area contributed by atoms with Gasteiger partial charge < -0.3 is 9.84 Å². The molecule has 0 aromatic heterocycles. The molecule has 0 aliphatic rings. The average Bonchev–Trinajstić information content (AvgIpc) is 2.25. The molecule has 0 saturated heterocycles. The van der Waals surface area contributed by atoms with Gasteiger partial charge in [-0.15, -0.1) is 0 Å². The van der Waals surface area contributed by atoms with Gasteiger partial charge in [0.1, 0.15) is 0 Å². The van der Waals surface area contributed by atoms with Gasteiger partial charge in [-0.05, 0) is 12.1 Å². The van der Waals surface area contributed by atoms with Crippen LogP contribution in [0, 0.1) is 0 Å². The zero-order chi connectivity index (χ0) is 13.2. The molecule has 7 heteroatoms. The molecule has 1 aromatic rings. The summed E-state index contributed by atoms with van der Waals surface area (Å²) in [6, 6.07) is 2.96. The van der Waals surface area contributed by atoms with Crippen molar-refractivity contribution in [1.29, 1.82) is 0 Å². The monoisotopic (exact) mass is 268 g/mol. The Balaban J connectivity index is 3.35. The summed E-state index contributed by atoms with van der Waals surface area (Å²) in [7, 11) is 0.954. The van der Waals surface area contributed by atoms with Gasteiger partial charge in [-0.25, -0.2) is 4.79 Å². The first kappa shape index (κ1) is 13.8. The quantitative estimate of drug-likeness (QED) is 0.839. The van der Waals surface area contributed by atoms with Crippen LogP contribution in [0.3, 0.4) is 0 Å². The highest BCUT2D eigenvalue weighted by molar-refractivity contribution is 6.31. The third kappa shape index (κ3) is 2.89. The van der Waals surface area contributed by atoms with Crippen molar-refractivity contribution in [2.75, 3.05) is 7.11 Å². The zero-order valence-electron chi connectivity index (χ0n) is 8.58. The van der Waals surface area contributed by atoms with E-state index in [9.17, 15) is 23.1 Å². The molecule has 17 heavy (non-hydrogen) atoms. The molecule has 0 amide bonds.